The van der Waals surface area contributed by atoms with Crippen molar-refractivity contribution in [1.29, 1.82) is 0 Å². The molecule has 0 fully saturated rings. The highest BCUT2D eigenvalue weighted by Crippen LogP contribution is 2.08. The largest absolute Gasteiger partial charge is 0.357 e. The molecule has 0 amide bonds. The van der Waals surface area contributed by atoms with Crippen LogP contribution in [0, 0.1) is 0 Å². The van der Waals surface area contributed by atoms with Gasteiger partial charge in [-0.05, 0) is 32.0 Å². The molecule has 3 nitrogen and oxygen atoms in total. The van der Waals surface area contributed by atoms with Gasteiger partial charge in [0, 0.05) is 19.3 Å². The van der Waals surface area contributed by atoms with Crippen molar-refractivity contribution in [3.8, 4) is 0 Å². The maximum absolute atomic E-state index is 5.46. The molecule has 72 valence electrons. The summed E-state index contributed by atoms with van der Waals surface area (Å²) in [7, 11) is 0. The Kier molecular flexibility index (Phi) is 4.26. The van der Waals surface area contributed by atoms with Gasteiger partial charge in [-0.25, -0.2) is 4.98 Å². The molecule has 1 heterocycles. The van der Waals surface area contributed by atoms with Gasteiger partial charge in [-0.15, -0.1) is 0 Å². The van der Waals surface area contributed by atoms with E-state index in [1.165, 1.54) is 0 Å². The van der Waals surface area contributed by atoms with Gasteiger partial charge in [-0.2, -0.15) is 0 Å². The Labute approximate surface area is 79.6 Å². The molecular weight excluding hydrogens is 162 g/mol. The Balaban J connectivity index is 2.56. The molecule has 1 rings (SSSR count). The first kappa shape index (κ1) is 9.99. The lowest BCUT2D eigenvalue weighted by molar-refractivity contribution is 0.745. The topological polar surface area (TPSA) is 42.1 Å². The van der Waals surface area contributed by atoms with Gasteiger partial charge in [-0.1, -0.05) is 6.07 Å². The van der Waals surface area contributed by atoms with Crippen LogP contribution in [0.3, 0.4) is 0 Å². The Morgan fingerprint density at radius 1 is 1.46 bits per heavy atom. The highest BCUT2D eigenvalue weighted by Gasteiger charge is 2.02. The van der Waals surface area contributed by atoms with Crippen LogP contribution in [-0.4, -0.2) is 24.6 Å². The lowest BCUT2D eigenvalue weighted by atomic mass is 10.3. The van der Waals surface area contributed by atoms with Crippen molar-refractivity contribution in [2.24, 2.45) is 5.73 Å². The van der Waals surface area contributed by atoms with Crippen molar-refractivity contribution >= 4 is 5.82 Å². The van der Waals surface area contributed by atoms with E-state index in [1.54, 1.807) is 0 Å². The SMILES string of the molecule is CCN(CCCN)c1ccccn1. The van der Waals surface area contributed by atoms with Crippen LogP contribution in [0.15, 0.2) is 24.4 Å². The number of pyridine rings is 1. The zero-order chi connectivity index (χ0) is 9.52. The third kappa shape index (κ3) is 3.03. The third-order valence-electron chi connectivity index (χ3n) is 1.99. The van der Waals surface area contributed by atoms with Crippen LogP contribution in [0.25, 0.3) is 0 Å². The minimum absolute atomic E-state index is 0.739. The molecule has 0 atom stereocenters. The minimum Gasteiger partial charge on any atom is -0.357 e. The smallest absolute Gasteiger partial charge is 0.128 e. The van der Waals surface area contributed by atoms with Crippen LogP contribution >= 0.6 is 0 Å². The molecule has 0 spiro atoms. The van der Waals surface area contributed by atoms with Crippen LogP contribution < -0.4 is 10.6 Å². The zero-order valence-corrected chi connectivity index (χ0v) is 8.11. The van der Waals surface area contributed by atoms with E-state index in [1.807, 2.05) is 24.4 Å². The molecule has 1 aromatic heterocycles. The average Bonchev–Trinajstić information content (AvgIpc) is 2.21. The normalized spacial score (nSPS) is 10.0. The monoisotopic (exact) mass is 179 g/mol. The summed E-state index contributed by atoms with van der Waals surface area (Å²) < 4.78 is 0. The summed E-state index contributed by atoms with van der Waals surface area (Å²) in [4.78, 5) is 6.52. The van der Waals surface area contributed by atoms with Crippen LogP contribution in [0.5, 0.6) is 0 Å². The van der Waals surface area contributed by atoms with Crippen LogP contribution in [0.1, 0.15) is 13.3 Å². The molecule has 3 heteroatoms. The van der Waals surface area contributed by atoms with Crippen molar-refractivity contribution in [1.82, 2.24) is 4.98 Å². The Morgan fingerprint density at radius 3 is 2.85 bits per heavy atom. The Morgan fingerprint density at radius 2 is 2.31 bits per heavy atom. The lowest BCUT2D eigenvalue weighted by Crippen LogP contribution is -2.26. The summed E-state index contributed by atoms with van der Waals surface area (Å²) in [6.07, 6.45) is 2.84. The number of hydrogen-bond donors (Lipinski definition) is 1. The highest BCUT2D eigenvalue weighted by molar-refractivity contribution is 5.37. The van der Waals surface area contributed by atoms with Crippen molar-refractivity contribution < 1.29 is 0 Å². The maximum atomic E-state index is 5.46. The summed E-state index contributed by atoms with van der Waals surface area (Å²) in [6, 6.07) is 5.97. The van der Waals surface area contributed by atoms with Crippen molar-refractivity contribution in [3.05, 3.63) is 24.4 Å². The molecule has 0 bridgehead atoms. The number of rotatable bonds is 5. The fourth-order valence-electron chi connectivity index (χ4n) is 1.26. The number of anilines is 1. The summed E-state index contributed by atoms with van der Waals surface area (Å²) >= 11 is 0. The quantitative estimate of drug-likeness (QED) is 0.740. The van der Waals surface area contributed by atoms with Gasteiger partial charge in [0.05, 0.1) is 0 Å². The van der Waals surface area contributed by atoms with Gasteiger partial charge in [0.25, 0.3) is 0 Å². The molecule has 0 aliphatic carbocycles. The Hall–Kier alpha value is -1.09. The van der Waals surface area contributed by atoms with Gasteiger partial charge in [0.2, 0.25) is 0 Å². The number of nitrogens with zero attached hydrogens (tertiary/aromatic N) is 2. The summed E-state index contributed by atoms with van der Waals surface area (Å²) in [5.41, 5.74) is 5.46. The number of hydrogen-bond acceptors (Lipinski definition) is 3. The van der Waals surface area contributed by atoms with Crippen LogP contribution in [0.4, 0.5) is 5.82 Å². The van der Waals surface area contributed by atoms with E-state index >= 15 is 0 Å². The second-order valence-electron chi connectivity index (χ2n) is 2.91. The first-order chi connectivity index (χ1) is 6.38. The summed E-state index contributed by atoms with van der Waals surface area (Å²) in [5, 5.41) is 0. The molecule has 1 aromatic rings. The molecule has 0 saturated carbocycles. The molecule has 0 aliphatic rings. The zero-order valence-electron chi connectivity index (χ0n) is 8.11. The first-order valence-corrected chi connectivity index (χ1v) is 4.74. The predicted molar refractivity (Wildman–Crippen MR) is 55.8 cm³/mol. The molecule has 0 aromatic carbocycles. The molecule has 0 radical (unpaired) electrons. The van der Waals surface area contributed by atoms with E-state index in [0.717, 1.165) is 31.9 Å². The minimum atomic E-state index is 0.739. The molecule has 0 unspecified atom stereocenters. The average molecular weight is 179 g/mol. The maximum Gasteiger partial charge on any atom is 0.128 e. The molecule has 0 saturated heterocycles. The fraction of sp³-hybridized carbons (Fsp3) is 0.500. The van der Waals surface area contributed by atoms with Crippen molar-refractivity contribution in [2.75, 3.05) is 24.5 Å². The highest BCUT2D eigenvalue weighted by atomic mass is 15.2. The van der Waals surface area contributed by atoms with Crippen LogP contribution in [-0.2, 0) is 0 Å². The van der Waals surface area contributed by atoms with Crippen LogP contribution in [0.2, 0.25) is 0 Å². The molecule has 13 heavy (non-hydrogen) atoms. The van der Waals surface area contributed by atoms with Gasteiger partial charge in [0.1, 0.15) is 5.82 Å². The van der Waals surface area contributed by atoms with E-state index in [4.69, 9.17) is 5.73 Å². The number of nitrogens with two attached hydrogens (primary N) is 1. The Bertz CT molecular complexity index is 223. The second kappa shape index (κ2) is 5.54. The van der Waals surface area contributed by atoms with Gasteiger partial charge < -0.3 is 10.6 Å². The fourth-order valence-corrected chi connectivity index (χ4v) is 1.26. The standard InChI is InChI=1S/C10H17N3/c1-2-13(9-5-7-11)10-6-3-4-8-12-10/h3-4,6,8H,2,5,7,9,11H2,1H3. The molecular formula is C10H17N3. The third-order valence-corrected chi connectivity index (χ3v) is 1.99. The van der Waals surface area contributed by atoms with E-state index in [9.17, 15) is 0 Å². The van der Waals surface area contributed by atoms with Crippen molar-refractivity contribution in [3.63, 3.8) is 0 Å². The summed E-state index contributed by atoms with van der Waals surface area (Å²) in [6.45, 7) is 4.84. The number of aromatic nitrogens is 1. The van der Waals surface area contributed by atoms with Gasteiger partial charge >= 0.3 is 0 Å². The van der Waals surface area contributed by atoms with E-state index in [0.29, 0.717) is 0 Å². The second-order valence-corrected chi connectivity index (χ2v) is 2.91. The first-order valence-electron chi connectivity index (χ1n) is 4.74. The van der Waals surface area contributed by atoms with E-state index in [-0.39, 0.29) is 0 Å². The van der Waals surface area contributed by atoms with Gasteiger partial charge in [0.15, 0.2) is 0 Å². The van der Waals surface area contributed by atoms with Crippen molar-refractivity contribution in [2.45, 2.75) is 13.3 Å². The molecule has 2 N–H and O–H groups in total. The predicted octanol–water partition coefficient (Wildman–Crippen LogP) is 1.26. The lowest BCUT2D eigenvalue weighted by Gasteiger charge is -2.21. The molecule has 0 aliphatic heterocycles. The van der Waals surface area contributed by atoms with Gasteiger partial charge in [-0.3, -0.25) is 0 Å². The van der Waals surface area contributed by atoms with E-state index < -0.39 is 0 Å². The van der Waals surface area contributed by atoms with E-state index in [2.05, 4.69) is 16.8 Å². The summed E-state index contributed by atoms with van der Waals surface area (Å²) in [5.74, 6) is 1.04.